The van der Waals surface area contributed by atoms with E-state index in [1.165, 1.54) is 0 Å². The van der Waals surface area contributed by atoms with Crippen molar-refractivity contribution in [1.82, 2.24) is 29.7 Å². The van der Waals surface area contributed by atoms with Gasteiger partial charge in [-0.3, -0.25) is 9.48 Å². The van der Waals surface area contributed by atoms with Crippen LogP contribution >= 0.6 is 0 Å². The second kappa shape index (κ2) is 5.49. The monoisotopic (exact) mass is 310 g/mol. The van der Waals surface area contributed by atoms with E-state index in [2.05, 4.69) is 15.4 Å². The number of rotatable bonds is 5. The highest BCUT2D eigenvalue weighted by molar-refractivity contribution is 5.80. The van der Waals surface area contributed by atoms with Gasteiger partial charge < -0.3 is 4.90 Å². The molecule has 7 nitrogen and oxygen atoms in total. The molecule has 1 amide bonds. The van der Waals surface area contributed by atoms with Crippen molar-refractivity contribution in [2.45, 2.75) is 32.0 Å². The molecule has 118 valence electrons. The molecule has 0 radical (unpaired) electrons. The van der Waals surface area contributed by atoms with Gasteiger partial charge in [-0.2, -0.15) is 5.10 Å². The molecule has 7 heteroatoms. The number of aryl methyl sites for hydroxylation is 1. The summed E-state index contributed by atoms with van der Waals surface area (Å²) in [5.74, 6) is 0.0735. The molecule has 1 aromatic carbocycles. The van der Waals surface area contributed by atoms with E-state index in [0.29, 0.717) is 12.6 Å². The minimum atomic E-state index is 0.0735. The van der Waals surface area contributed by atoms with Crippen molar-refractivity contribution in [2.24, 2.45) is 7.05 Å². The van der Waals surface area contributed by atoms with Crippen molar-refractivity contribution in [3.8, 4) is 0 Å². The minimum Gasteiger partial charge on any atom is -0.332 e. The third-order valence-electron chi connectivity index (χ3n) is 4.27. The first-order chi connectivity index (χ1) is 11.2. The average molecular weight is 310 g/mol. The summed E-state index contributed by atoms with van der Waals surface area (Å²) in [5, 5.41) is 12.4. The molecule has 0 bridgehead atoms. The van der Waals surface area contributed by atoms with E-state index < -0.39 is 0 Å². The van der Waals surface area contributed by atoms with E-state index in [0.717, 1.165) is 29.6 Å². The summed E-state index contributed by atoms with van der Waals surface area (Å²) in [6.45, 7) is 0.807. The van der Waals surface area contributed by atoms with Crippen LogP contribution in [-0.2, 0) is 24.9 Å². The molecule has 2 aromatic heterocycles. The van der Waals surface area contributed by atoms with E-state index in [1.807, 2.05) is 47.0 Å². The molecular formula is C16H18N6O. The molecule has 3 aromatic rings. The average Bonchev–Trinajstić information content (AvgIpc) is 3.20. The van der Waals surface area contributed by atoms with Crippen LogP contribution in [0.3, 0.4) is 0 Å². The third-order valence-corrected chi connectivity index (χ3v) is 4.27. The number of fused-ring (bicyclic) bond motifs is 1. The molecule has 0 saturated heterocycles. The number of carbonyl (C=O) groups is 1. The zero-order chi connectivity index (χ0) is 15.8. The molecule has 0 N–H and O–H groups in total. The highest BCUT2D eigenvalue weighted by Gasteiger charge is 2.33. The van der Waals surface area contributed by atoms with Crippen LogP contribution < -0.4 is 0 Å². The van der Waals surface area contributed by atoms with Gasteiger partial charge in [0.15, 0.2) is 0 Å². The lowest BCUT2D eigenvalue weighted by molar-refractivity contribution is -0.133. The lowest BCUT2D eigenvalue weighted by atomic mass is 10.3. The summed E-state index contributed by atoms with van der Waals surface area (Å²) in [5.41, 5.74) is 2.73. The maximum atomic E-state index is 12.8. The SMILES string of the molecule is Cn1nccc1CN(C(=O)Cn1nnc2ccccc21)C1CC1. The molecule has 0 aliphatic heterocycles. The first-order valence-electron chi connectivity index (χ1n) is 7.77. The number of hydrogen-bond acceptors (Lipinski definition) is 4. The zero-order valence-corrected chi connectivity index (χ0v) is 13.0. The molecule has 2 heterocycles. The summed E-state index contributed by atoms with van der Waals surface area (Å²) in [6.07, 6.45) is 3.90. The molecular weight excluding hydrogens is 292 g/mol. The molecule has 1 aliphatic carbocycles. The molecule has 1 saturated carbocycles. The Morgan fingerprint density at radius 2 is 2.13 bits per heavy atom. The van der Waals surface area contributed by atoms with Gasteiger partial charge in [-0.25, -0.2) is 4.68 Å². The highest BCUT2D eigenvalue weighted by atomic mass is 16.2. The number of amides is 1. The largest absolute Gasteiger partial charge is 0.332 e. The minimum absolute atomic E-state index is 0.0735. The molecule has 23 heavy (non-hydrogen) atoms. The Kier molecular flexibility index (Phi) is 3.33. The van der Waals surface area contributed by atoms with Gasteiger partial charge in [0.2, 0.25) is 5.91 Å². The van der Waals surface area contributed by atoms with Gasteiger partial charge in [-0.05, 0) is 31.0 Å². The first kappa shape index (κ1) is 13.9. The number of benzene rings is 1. The maximum Gasteiger partial charge on any atom is 0.244 e. The standard InChI is InChI=1S/C16H18N6O/c1-20-13(8-9-17-20)10-21(12-6-7-12)16(23)11-22-15-5-3-2-4-14(15)18-19-22/h2-5,8-9,12H,6-7,10-11H2,1H3. The summed E-state index contributed by atoms with van der Waals surface area (Å²) in [7, 11) is 1.90. The summed E-state index contributed by atoms with van der Waals surface area (Å²) < 4.78 is 3.49. The van der Waals surface area contributed by atoms with E-state index in [1.54, 1.807) is 10.9 Å². The van der Waals surface area contributed by atoms with Crippen molar-refractivity contribution in [3.05, 3.63) is 42.2 Å². The quantitative estimate of drug-likeness (QED) is 0.713. The molecule has 0 spiro atoms. The van der Waals surface area contributed by atoms with Gasteiger partial charge in [-0.15, -0.1) is 5.10 Å². The lowest BCUT2D eigenvalue weighted by Gasteiger charge is -2.22. The van der Waals surface area contributed by atoms with Gasteiger partial charge in [0.1, 0.15) is 12.1 Å². The van der Waals surface area contributed by atoms with Crippen molar-refractivity contribution >= 4 is 16.9 Å². The number of nitrogens with zero attached hydrogens (tertiary/aromatic N) is 6. The van der Waals surface area contributed by atoms with Gasteiger partial charge in [0, 0.05) is 19.3 Å². The van der Waals surface area contributed by atoms with Crippen molar-refractivity contribution in [1.29, 1.82) is 0 Å². The van der Waals surface area contributed by atoms with Crippen LogP contribution in [0.15, 0.2) is 36.5 Å². The second-order valence-electron chi connectivity index (χ2n) is 5.93. The fraction of sp³-hybridized carbons (Fsp3) is 0.375. The molecule has 4 rings (SSSR count). The molecule has 0 unspecified atom stereocenters. The number of aromatic nitrogens is 5. The van der Waals surface area contributed by atoms with Crippen LogP contribution in [0.2, 0.25) is 0 Å². The normalized spacial score (nSPS) is 14.3. The van der Waals surface area contributed by atoms with E-state index in [-0.39, 0.29) is 12.5 Å². The number of para-hydroxylation sites is 1. The third kappa shape index (κ3) is 2.69. The van der Waals surface area contributed by atoms with Gasteiger partial charge in [0.25, 0.3) is 0 Å². The van der Waals surface area contributed by atoms with Crippen LogP contribution in [0.4, 0.5) is 0 Å². The van der Waals surface area contributed by atoms with E-state index in [9.17, 15) is 4.79 Å². The fourth-order valence-electron chi connectivity index (χ4n) is 2.79. The van der Waals surface area contributed by atoms with Gasteiger partial charge in [0.05, 0.1) is 17.8 Å². The Balaban J connectivity index is 1.55. The van der Waals surface area contributed by atoms with Crippen LogP contribution in [0.1, 0.15) is 18.5 Å². The predicted molar refractivity (Wildman–Crippen MR) is 84.3 cm³/mol. The topological polar surface area (TPSA) is 68.8 Å². The molecule has 0 atom stereocenters. The van der Waals surface area contributed by atoms with E-state index in [4.69, 9.17) is 0 Å². The summed E-state index contributed by atoms with van der Waals surface area (Å²) in [6, 6.07) is 9.98. The van der Waals surface area contributed by atoms with Crippen molar-refractivity contribution in [3.63, 3.8) is 0 Å². The highest BCUT2D eigenvalue weighted by Crippen LogP contribution is 2.28. The van der Waals surface area contributed by atoms with Crippen LogP contribution in [0.5, 0.6) is 0 Å². The maximum absolute atomic E-state index is 12.8. The Hall–Kier alpha value is -2.70. The Morgan fingerprint density at radius 3 is 2.87 bits per heavy atom. The van der Waals surface area contributed by atoms with Crippen molar-refractivity contribution in [2.75, 3.05) is 0 Å². The Morgan fingerprint density at radius 1 is 1.30 bits per heavy atom. The van der Waals surface area contributed by atoms with Crippen LogP contribution in [0, 0.1) is 0 Å². The van der Waals surface area contributed by atoms with Crippen LogP contribution in [-0.4, -0.2) is 41.6 Å². The number of hydrogen-bond donors (Lipinski definition) is 0. The first-order valence-corrected chi connectivity index (χ1v) is 7.77. The summed E-state index contributed by atoms with van der Waals surface area (Å²) >= 11 is 0. The fourth-order valence-corrected chi connectivity index (χ4v) is 2.79. The number of carbonyl (C=O) groups excluding carboxylic acids is 1. The Bertz CT molecular complexity index is 847. The zero-order valence-electron chi connectivity index (χ0n) is 13.0. The van der Waals surface area contributed by atoms with Gasteiger partial charge >= 0.3 is 0 Å². The van der Waals surface area contributed by atoms with Crippen LogP contribution in [0.25, 0.3) is 11.0 Å². The smallest absolute Gasteiger partial charge is 0.244 e. The molecule has 1 aliphatic rings. The Labute approximate surface area is 133 Å². The van der Waals surface area contributed by atoms with Crippen molar-refractivity contribution < 1.29 is 4.79 Å². The van der Waals surface area contributed by atoms with Gasteiger partial charge in [-0.1, -0.05) is 17.3 Å². The lowest BCUT2D eigenvalue weighted by Crippen LogP contribution is -2.36. The summed E-state index contributed by atoms with van der Waals surface area (Å²) in [4.78, 5) is 14.7. The second-order valence-corrected chi connectivity index (χ2v) is 5.93. The predicted octanol–water partition coefficient (Wildman–Crippen LogP) is 1.36. The molecule has 1 fully saturated rings. The van der Waals surface area contributed by atoms with E-state index >= 15 is 0 Å².